The van der Waals surface area contributed by atoms with Crippen molar-refractivity contribution < 1.29 is 9.72 Å². The number of anilines is 1. The Bertz CT molecular complexity index is 482. The number of hydrogen-bond donors (Lipinski definition) is 0. The molecule has 0 unspecified atom stereocenters. The summed E-state index contributed by atoms with van der Waals surface area (Å²) in [6.07, 6.45) is 0.718. The summed E-state index contributed by atoms with van der Waals surface area (Å²) >= 11 is 0. The third-order valence-corrected chi connectivity index (χ3v) is 3.49. The lowest BCUT2D eigenvalue weighted by Gasteiger charge is -2.35. The summed E-state index contributed by atoms with van der Waals surface area (Å²) in [6, 6.07) is 4.49. The number of carbonyl (C=O) groups excluding carboxylic acids is 1. The summed E-state index contributed by atoms with van der Waals surface area (Å²) < 4.78 is 0. The fourth-order valence-electron chi connectivity index (χ4n) is 2.33. The van der Waals surface area contributed by atoms with Crippen molar-refractivity contribution in [3.8, 4) is 0 Å². The van der Waals surface area contributed by atoms with Gasteiger partial charge in [-0.1, -0.05) is 6.92 Å². The van der Waals surface area contributed by atoms with Crippen LogP contribution in [0.4, 0.5) is 11.4 Å². The standard InChI is InChI=1S/C13H17N3O3/c1-2-14-5-7-15(8-6-14)13-9-11(10-17)3-4-12(13)16(18)19/h3-4,9-10H,2,5-8H2,1H3. The Kier molecular flexibility index (Phi) is 4.11. The number of likely N-dealkylation sites (N-methyl/N-ethyl adjacent to an activating group) is 1. The number of rotatable bonds is 4. The van der Waals surface area contributed by atoms with E-state index in [1.165, 1.54) is 12.1 Å². The fraction of sp³-hybridized carbons (Fsp3) is 0.462. The van der Waals surface area contributed by atoms with Crippen molar-refractivity contribution >= 4 is 17.7 Å². The predicted molar refractivity (Wildman–Crippen MR) is 72.8 cm³/mol. The van der Waals surface area contributed by atoms with Crippen LogP contribution in [0.1, 0.15) is 17.3 Å². The van der Waals surface area contributed by atoms with Crippen LogP contribution in [0.15, 0.2) is 18.2 Å². The molecule has 1 aliphatic heterocycles. The number of nitro groups is 1. The molecule has 2 rings (SSSR count). The summed E-state index contributed by atoms with van der Waals surface area (Å²) in [6.45, 7) is 6.36. The molecule has 1 fully saturated rings. The largest absolute Gasteiger partial charge is 0.363 e. The molecule has 102 valence electrons. The van der Waals surface area contributed by atoms with Crippen LogP contribution in [0.3, 0.4) is 0 Å². The molecule has 0 amide bonds. The summed E-state index contributed by atoms with van der Waals surface area (Å²) in [5, 5.41) is 11.1. The first kappa shape index (κ1) is 13.5. The van der Waals surface area contributed by atoms with Crippen molar-refractivity contribution in [1.29, 1.82) is 0 Å². The first-order chi connectivity index (χ1) is 9.15. The van der Waals surface area contributed by atoms with Gasteiger partial charge < -0.3 is 9.80 Å². The molecule has 6 heteroatoms. The third-order valence-electron chi connectivity index (χ3n) is 3.49. The molecular formula is C13H17N3O3. The van der Waals surface area contributed by atoms with Crippen LogP contribution < -0.4 is 4.90 Å². The highest BCUT2D eigenvalue weighted by atomic mass is 16.6. The van der Waals surface area contributed by atoms with E-state index in [1.54, 1.807) is 6.07 Å². The maximum atomic E-state index is 11.1. The molecule has 1 aliphatic rings. The Labute approximate surface area is 111 Å². The van der Waals surface area contributed by atoms with E-state index in [-0.39, 0.29) is 5.69 Å². The molecule has 0 N–H and O–H groups in total. The topological polar surface area (TPSA) is 66.7 Å². The van der Waals surface area contributed by atoms with E-state index in [4.69, 9.17) is 0 Å². The quantitative estimate of drug-likeness (QED) is 0.468. The lowest BCUT2D eigenvalue weighted by molar-refractivity contribution is -0.384. The van der Waals surface area contributed by atoms with Gasteiger partial charge in [-0.05, 0) is 18.7 Å². The van der Waals surface area contributed by atoms with E-state index >= 15 is 0 Å². The SMILES string of the molecule is CCN1CCN(c2cc(C=O)ccc2[N+](=O)[O-])CC1. The van der Waals surface area contributed by atoms with Gasteiger partial charge in [-0.25, -0.2) is 0 Å². The van der Waals surface area contributed by atoms with Gasteiger partial charge in [0.15, 0.2) is 0 Å². The molecule has 0 bridgehead atoms. The van der Waals surface area contributed by atoms with E-state index in [1.807, 2.05) is 4.90 Å². The smallest absolute Gasteiger partial charge is 0.292 e. The highest BCUT2D eigenvalue weighted by molar-refractivity contribution is 5.80. The number of benzene rings is 1. The third kappa shape index (κ3) is 2.90. The van der Waals surface area contributed by atoms with Crippen LogP contribution in [0.25, 0.3) is 0 Å². The molecule has 1 saturated heterocycles. The molecule has 19 heavy (non-hydrogen) atoms. The Hall–Kier alpha value is -1.95. The second kappa shape index (κ2) is 5.79. The lowest BCUT2D eigenvalue weighted by Crippen LogP contribution is -2.46. The van der Waals surface area contributed by atoms with Crippen molar-refractivity contribution in [3.63, 3.8) is 0 Å². The molecule has 0 aliphatic carbocycles. The minimum atomic E-state index is -0.393. The highest BCUT2D eigenvalue weighted by Gasteiger charge is 2.23. The molecule has 0 spiro atoms. The summed E-state index contributed by atoms with van der Waals surface area (Å²) in [5.41, 5.74) is 1.08. The number of nitrogens with zero attached hydrogens (tertiary/aromatic N) is 3. The van der Waals surface area contributed by atoms with Gasteiger partial charge >= 0.3 is 0 Å². The van der Waals surface area contributed by atoms with Gasteiger partial charge in [-0.15, -0.1) is 0 Å². The summed E-state index contributed by atoms with van der Waals surface area (Å²) in [7, 11) is 0. The van der Waals surface area contributed by atoms with E-state index in [0.717, 1.165) is 39.0 Å². The molecule has 1 aromatic carbocycles. The lowest BCUT2D eigenvalue weighted by atomic mass is 10.1. The van der Waals surface area contributed by atoms with Crippen molar-refractivity contribution in [3.05, 3.63) is 33.9 Å². The molecule has 1 aromatic rings. The number of piperazine rings is 1. The Morgan fingerprint density at radius 2 is 2.00 bits per heavy atom. The predicted octanol–water partition coefficient (Wildman–Crippen LogP) is 1.55. The van der Waals surface area contributed by atoms with Crippen LogP contribution in [0.2, 0.25) is 0 Å². The van der Waals surface area contributed by atoms with E-state index in [2.05, 4.69) is 11.8 Å². The normalized spacial score (nSPS) is 16.4. The van der Waals surface area contributed by atoms with Crippen molar-refractivity contribution in [2.45, 2.75) is 6.92 Å². The molecule has 0 atom stereocenters. The zero-order valence-corrected chi connectivity index (χ0v) is 10.9. The van der Waals surface area contributed by atoms with Gasteiger partial charge in [0.2, 0.25) is 0 Å². The van der Waals surface area contributed by atoms with Gasteiger partial charge in [0.05, 0.1) is 4.92 Å². The second-order valence-corrected chi connectivity index (χ2v) is 4.54. The van der Waals surface area contributed by atoms with Gasteiger partial charge in [0.1, 0.15) is 12.0 Å². The van der Waals surface area contributed by atoms with Crippen LogP contribution in [0, 0.1) is 10.1 Å². The Balaban J connectivity index is 2.27. The van der Waals surface area contributed by atoms with Crippen LogP contribution in [0.5, 0.6) is 0 Å². The number of nitro benzene ring substituents is 1. The molecule has 0 aromatic heterocycles. The Morgan fingerprint density at radius 3 is 2.53 bits per heavy atom. The highest BCUT2D eigenvalue weighted by Crippen LogP contribution is 2.29. The van der Waals surface area contributed by atoms with Crippen LogP contribution in [-0.2, 0) is 0 Å². The fourth-order valence-corrected chi connectivity index (χ4v) is 2.33. The minimum absolute atomic E-state index is 0.0653. The monoisotopic (exact) mass is 263 g/mol. The van der Waals surface area contributed by atoms with E-state index in [0.29, 0.717) is 11.3 Å². The van der Waals surface area contributed by atoms with Gasteiger partial charge in [-0.3, -0.25) is 14.9 Å². The van der Waals surface area contributed by atoms with E-state index < -0.39 is 4.92 Å². The first-order valence-corrected chi connectivity index (χ1v) is 6.36. The average molecular weight is 263 g/mol. The van der Waals surface area contributed by atoms with Crippen LogP contribution >= 0.6 is 0 Å². The van der Waals surface area contributed by atoms with Gasteiger partial charge in [-0.2, -0.15) is 0 Å². The molecule has 6 nitrogen and oxygen atoms in total. The first-order valence-electron chi connectivity index (χ1n) is 6.36. The van der Waals surface area contributed by atoms with E-state index in [9.17, 15) is 14.9 Å². The number of aldehydes is 1. The maximum Gasteiger partial charge on any atom is 0.292 e. The van der Waals surface area contributed by atoms with Crippen LogP contribution in [-0.4, -0.2) is 48.8 Å². The zero-order valence-electron chi connectivity index (χ0n) is 10.9. The Morgan fingerprint density at radius 1 is 1.32 bits per heavy atom. The molecular weight excluding hydrogens is 246 g/mol. The second-order valence-electron chi connectivity index (χ2n) is 4.54. The summed E-state index contributed by atoms with van der Waals surface area (Å²) in [4.78, 5) is 25.8. The zero-order chi connectivity index (χ0) is 13.8. The molecule has 0 saturated carbocycles. The number of hydrogen-bond acceptors (Lipinski definition) is 5. The maximum absolute atomic E-state index is 11.1. The van der Waals surface area contributed by atoms with Crippen molar-refractivity contribution in [2.75, 3.05) is 37.6 Å². The molecule has 1 heterocycles. The molecule has 0 radical (unpaired) electrons. The number of carbonyl (C=O) groups is 1. The van der Waals surface area contributed by atoms with Crippen molar-refractivity contribution in [2.24, 2.45) is 0 Å². The van der Waals surface area contributed by atoms with Gasteiger partial charge in [0, 0.05) is 37.8 Å². The van der Waals surface area contributed by atoms with Gasteiger partial charge in [0.25, 0.3) is 5.69 Å². The van der Waals surface area contributed by atoms with Crippen molar-refractivity contribution in [1.82, 2.24) is 4.90 Å². The summed E-state index contributed by atoms with van der Waals surface area (Å²) in [5.74, 6) is 0. The minimum Gasteiger partial charge on any atom is -0.363 e. The average Bonchev–Trinajstić information content (AvgIpc) is 2.46.